The van der Waals surface area contributed by atoms with Crippen molar-refractivity contribution < 1.29 is 19.0 Å². The molecule has 2 aromatic carbocycles. The molecule has 21 heavy (non-hydrogen) atoms. The number of rotatable bonds is 6. The Morgan fingerprint density at radius 1 is 1.14 bits per heavy atom. The Kier molecular flexibility index (Phi) is 4.93. The zero-order chi connectivity index (χ0) is 15.2. The highest BCUT2D eigenvalue weighted by Crippen LogP contribution is 2.16. The van der Waals surface area contributed by atoms with Gasteiger partial charge in [-0.25, -0.2) is 9.18 Å². The molecule has 1 N–H and O–H groups in total. The van der Waals surface area contributed by atoms with Crippen molar-refractivity contribution in [3.05, 3.63) is 65.0 Å². The molecule has 0 fully saturated rings. The van der Waals surface area contributed by atoms with Gasteiger partial charge < -0.3 is 9.84 Å². The number of benzene rings is 2. The molecule has 0 aliphatic heterocycles. The molecule has 0 heterocycles. The van der Waals surface area contributed by atoms with Gasteiger partial charge in [-0.3, -0.25) is 0 Å². The highest BCUT2D eigenvalue weighted by Gasteiger charge is 2.10. The number of carbonyl (C=O) groups is 1. The fourth-order valence-corrected chi connectivity index (χ4v) is 2.03. The second-order valence-corrected chi connectivity index (χ2v) is 4.80. The molecule has 0 radical (unpaired) electrons. The van der Waals surface area contributed by atoms with Crippen molar-refractivity contribution in [1.82, 2.24) is 0 Å². The predicted molar refractivity (Wildman–Crippen MR) is 78.1 cm³/mol. The number of carboxylic acids is 1. The number of halogens is 1. The molecule has 0 spiro atoms. The van der Waals surface area contributed by atoms with Crippen molar-refractivity contribution >= 4 is 5.97 Å². The van der Waals surface area contributed by atoms with Crippen molar-refractivity contribution in [2.45, 2.75) is 26.4 Å². The minimum absolute atomic E-state index is 0.198. The maximum absolute atomic E-state index is 13.5. The molecule has 0 bridgehead atoms. The Labute approximate surface area is 123 Å². The fourth-order valence-electron chi connectivity index (χ4n) is 2.03. The van der Waals surface area contributed by atoms with E-state index in [2.05, 4.69) is 6.92 Å². The van der Waals surface area contributed by atoms with Crippen LogP contribution in [0.2, 0.25) is 0 Å². The zero-order valence-electron chi connectivity index (χ0n) is 11.8. The summed E-state index contributed by atoms with van der Waals surface area (Å²) in [5.41, 5.74) is 1.51. The number of hydrogen-bond acceptors (Lipinski definition) is 2. The molecule has 3 nitrogen and oxygen atoms in total. The van der Waals surface area contributed by atoms with Crippen LogP contribution in [0.15, 0.2) is 42.5 Å². The van der Waals surface area contributed by atoms with E-state index in [1.54, 1.807) is 6.07 Å². The van der Waals surface area contributed by atoms with Gasteiger partial charge in [-0.15, -0.1) is 0 Å². The van der Waals surface area contributed by atoms with Crippen molar-refractivity contribution in [2.24, 2.45) is 0 Å². The second kappa shape index (κ2) is 6.88. The van der Waals surface area contributed by atoms with Gasteiger partial charge in [-0.2, -0.15) is 0 Å². The zero-order valence-corrected chi connectivity index (χ0v) is 11.8. The monoisotopic (exact) mass is 288 g/mol. The summed E-state index contributed by atoms with van der Waals surface area (Å²) in [5.74, 6) is -1.31. The number of ether oxygens (including phenoxy) is 1. The molecule has 2 rings (SSSR count). The van der Waals surface area contributed by atoms with Crippen LogP contribution in [0.5, 0.6) is 5.75 Å². The van der Waals surface area contributed by atoms with E-state index in [0.717, 1.165) is 12.8 Å². The molecule has 0 aliphatic carbocycles. The highest BCUT2D eigenvalue weighted by atomic mass is 19.1. The molecule has 110 valence electrons. The van der Waals surface area contributed by atoms with E-state index in [1.807, 2.05) is 24.3 Å². The van der Waals surface area contributed by atoms with Gasteiger partial charge in [-0.05, 0) is 41.8 Å². The number of aryl methyl sites for hydroxylation is 1. The molecule has 0 aromatic heterocycles. The lowest BCUT2D eigenvalue weighted by Crippen LogP contribution is -2.03. The van der Waals surface area contributed by atoms with Gasteiger partial charge in [0.05, 0.1) is 5.56 Å². The first-order valence-corrected chi connectivity index (χ1v) is 6.83. The normalized spacial score (nSPS) is 10.4. The van der Waals surface area contributed by atoms with E-state index in [1.165, 1.54) is 17.7 Å². The van der Waals surface area contributed by atoms with Crippen molar-refractivity contribution in [3.8, 4) is 5.75 Å². The molecule has 2 aromatic rings. The lowest BCUT2D eigenvalue weighted by molar-refractivity contribution is 0.0692. The summed E-state index contributed by atoms with van der Waals surface area (Å²) in [6, 6.07) is 11.8. The van der Waals surface area contributed by atoms with E-state index >= 15 is 0 Å². The summed E-state index contributed by atoms with van der Waals surface area (Å²) >= 11 is 0. The van der Waals surface area contributed by atoms with Crippen LogP contribution in [-0.2, 0) is 13.0 Å². The van der Waals surface area contributed by atoms with Crippen LogP contribution in [0.4, 0.5) is 4.39 Å². The SMILES string of the molecule is CCCc1ccc(OCc2ccc(C(=O)O)c(F)c2)cc1. The molecule has 0 aliphatic rings. The Morgan fingerprint density at radius 2 is 1.81 bits per heavy atom. The molecule has 0 saturated carbocycles. The van der Waals surface area contributed by atoms with Crippen LogP contribution in [-0.4, -0.2) is 11.1 Å². The first kappa shape index (κ1) is 15.0. The summed E-state index contributed by atoms with van der Waals surface area (Å²) in [4.78, 5) is 10.7. The second-order valence-electron chi connectivity index (χ2n) is 4.80. The molecule has 0 saturated heterocycles. The maximum Gasteiger partial charge on any atom is 0.338 e. The average Bonchev–Trinajstić information content (AvgIpc) is 2.46. The third-order valence-corrected chi connectivity index (χ3v) is 3.13. The molecule has 0 amide bonds. The number of carboxylic acid groups (broad SMARTS) is 1. The van der Waals surface area contributed by atoms with Crippen LogP contribution in [0, 0.1) is 5.82 Å². The molecule has 4 heteroatoms. The number of hydrogen-bond donors (Lipinski definition) is 1. The number of aromatic carboxylic acids is 1. The van der Waals surface area contributed by atoms with Gasteiger partial charge >= 0.3 is 5.97 Å². The lowest BCUT2D eigenvalue weighted by Gasteiger charge is -2.08. The quantitative estimate of drug-likeness (QED) is 0.872. The smallest absolute Gasteiger partial charge is 0.338 e. The lowest BCUT2D eigenvalue weighted by atomic mass is 10.1. The van der Waals surface area contributed by atoms with E-state index in [-0.39, 0.29) is 12.2 Å². The van der Waals surface area contributed by atoms with Crippen LogP contribution in [0.3, 0.4) is 0 Å². The maximum atomic E-state index is 13.5. The van der Waals surface area contributed by atoms with Crippen molar-refractivity contribution in [3.63, 3.8) is 0 Å². The summed E-state index contributed by atoms with van der Waals surface area (Å²) in [7, 11) is 0. The summed E-state index contributed by atoms with van der Waals surface area (Å²) in [6.07, 6.45) is 2.12. The first-order chi connectivity index (χ1) is 10.1. The van der Waals surface area contributed by atoms with Crippen LogP contribution in [0.25, 0.3) is 0 Å². The average molecular weight is 288 g/mol. The third-order valence-electron chi connectivity index (χ3n) is 3.13. The van der Waals surface area contributed by atoms with Gasteiger partial charge in [0, 0.05) is 0 Å². The van der Waals surface area contributed by atoms with Crippen molar-refractivity contribution in [2.75, 3.05) is 0 Å². The minimum Gasteiger partial charge on any atom is -0.489 e. The van der Waals surface area contributed by atoms with Gasteiger partial charge in [0.2, 0.25) is 0 Å². The van der Waals surface area contributed by atoms with Crippen molar-refractivity contribution in [1.29, 1.82) is 0 Å². The fraction of sp³-hybridized carbons (Fsp3) is 0.235. The minimum atomic E-state index is -1.27. The standard InChI is InChI=1S/C17H17FO3/c1-2-3-12-4-7-14(8-5-12)21-11-13-6-9-15(17(19)20)16(18)10-13/h4-10H,2-3,11H2,1H3,(H,19,20). The molecule has 0 atom stereocenters. The Bertz CT molecular complexity index is 620. The summed E-state index contributed by atoms with van der Waals surface area (Å²) in [5, 5.41) is 8.76. The summed E-state index contributed by atoms with van der Waals surface area (Å²) < 4.78 is 19.1. The Hall–Kier alpha value is -2.36. The Balaban J connectivity index is 1.99. The molecule has 0 unspecified atom stereocenters. The topological polar surface area (TPSA) is 46.5 Å². The molecular weight excluding hydrogens is 271 g/mol. The summed E-state index contributed by atoms with van der Waals surface area (Å²) in [6.45, 7) is 2.32. The van der Waals surface area contributed by atoms with E-state index in [4.69, 9.17) is 9.84 Å². The van der Waals surface area contributed by atoms with Gasteiger partial charge in [0.25, 0.3) is 0 Å². The first-order valence-electron chi connectivity index (χ1n) is 6.83. The van der Waals surface area contributed by atoms with Crippen LogP contribution in [0.1, 0.15) is 34.8 Å². The van der Waals surface area contributed by atoms with E-state index < -0.39 is 11.8 Å². The Morgan fingerprint density at radius 3 is 2.38 bits per heavy atom. The van der Waals surface area contributed by atoms with E-state index in [0.29, 0.717) is 11.3 Å². The van der Waals surface area contributed by atoms with Crippen LogP contribution < -0.4 is 4.74 Å². The highest BCUT2D eigenvalue weighted by molar-refractivity contribution is 5.87. The third kappa shape index (κ3) is 4.05. The predicted octanol–water partition coefficient (Wildman–Crippen LogP) is 4.06. The van der Waals surface area contributed by atoms with Gasteiger partial charge in [0.1, 0.15) is 18.2 Å². The van der Waals surface area contributed by atoms with Crippen LogP contribution >= 0.6 is 0 Å². The van der Waals surface area contributed by atoms with E-state index in [9.17, 15) is 9.18 Å². The van der Waals surface area contributed by atoms with Gasteiger partial charge in [0.15, 0.2) is 0 Å². The molecular formula is C17H17FO3. The van der Waals surface area contributed by atoms with Gasteiger partial charge in [-0.1, -0.05) is 31.5 Å². The largest absolute Gasteiger partial charge is 0.489 e.